The number of benzene rings is 1. The summed E-state index contributed by atoms with van der Waals surface area (Å²) in [6.07, 6.45) is 1.99. The highest BCUT2D eigenvalue weighted by atomic mass is 32.2. The highest BCUT2D eigenvalue weighted by molar-refractivity contribution is 7.98. The van der Waals surface area contributed by atoms with Gasteiger partial charge in [0.15, 0.2) is 5.78 Å². The van der Waals surface area contributed by atoms with E-state index in [1.165, 1.54) is 43.0 Å². The SMILES string of the molecule is CSCCC(NS(=O)(=O)c1cccc(C(C)=O)c1)C(=O)O. The summed E-state index contributed by atoms with van der Waals surface area (Å²) >= 11 is 1.43. The molecular weight excluding hydrogens is 314 g/mol. The van der Waals surface area contributed by atoms with Crippen molar-refractivity contribution in [1.82, 2.24) is 4.72 Å². The van der Waals surface area contributed by atoms with Crippen LogP contribution in [0.1, 0.15) is 23.7 Å². The molecule has 116 valence electrons. The van der Waals surface area contributed by atoms with Crippen molar-refractivity contribution in [3.8, 4) is 0 Å². The highest BCUT2D eigenvalue weighted by Crippen LogP contribution is 2.13. The van der Waals surface area contributed by atoms with Crippen LogP contribution in [-0.2, 0) is 14.8 Å². The summed E-state index contributed by atoms with van der Waals surface area (Å²) in [5.41, 5.74) is 0.258. The first kappa shape index (κ1) is 17.7. The normalized spacial score (nSPS) is 12.9. The van der Waals surface area contributed by atoms with E-state index in [-0.39, 0.29) is 22.7 Å². The lowest BCUT2D eigenvalue weighted by Gasteiger charge is -2.14. The van der Waals surface area contributed by atoms with Crippen LogP contribution in [0.25, 0.3) is 0 Å². The van der Waals surface area contributed by atoms with Crippen LogP contribution in [0.4, 0.5) is 0 Å². The fraction of sp³-hybridized carbons (Fsp3) is 0.385. The van der Waals surface area contributed by atoms with Crippen LogP contribution in [0.5, 0.6) is 0 Å². The largest absolute Gasteiger partial charge is 0.480 e. The Morgan fingerprint density at radius 1 is 1.38 bits per heavy atom. The van der Waals surface area contributed by atoms with E-state index in [9.17, 15) is 18.0 Å². The first-order chi connectivity index (χ1) is 9.77. The molecule has 0 bridgehead atoms. The van der Waals surface area contributed by atoms with Crippen molar-refractivity contribution in [2.24, 2.45) is 0 Å². The maximum absolute atomic E-state index is 12.2. The minimum absolute atomic E-state index is 0.120. The topological polar surface area (TPSA) is 101 Å². The van der Waals surface area contributed by atoms with E-state index in [1.54, 1.807) is 0 Å². The minimum atomic E-state index is -3.98. The monoisotopic (exact) mass is 331 g/mol. The number of thioether (sulfide) groups is 1. The first-order valence-electron chi connectivity index (χ1n) is 6.13. The van der Waals surface area contributed by atoms with E-state index >= 15 is 0 Å². The van der Waals surface area contributed by atoms with Gasteiger partial charge in [0.05, 0.1) is 4.90 Å². The second kappa shape index (κ2) is 7.58. The summed E-state index contributed by atoms with van der Waals surface area (Å²) in [5, 5.41) is 9.06. The molecule has 0 aliphatic carbocycles. The Bertz CT molecular complexity index is 627. The summed E-state index contributed by atoms with van der Waals surface area (Å²) in [5.74, 6) is -0.966. The molecule has 0 aromatic heterocycles. The first-order valence-corrected chi connectivity index (χ1v) is 9.00. The Kier molecular flexibility index (Phi) is 6.38. The van der Waals surface area contributed by atoms with Gasteiger partial charge in [-0.15, -0.1) is 0 Å². The smallest absolute Gasteiger partial charge is 0.321 e. The van der Waals surface area contributed by atoms with Crippen LogP contribution in [0.15, 0.2) is 29.2 Å². The molecule has 8 heteroatoms. The second-order valence-electron chi connectivity index (χ2n) is 4.38. The number of hydrogen-bond acceptors (Lipinski definition) is 5. The summed E-state index contributed by atoms with van der Waals surface area (Å²) in [6.45, 7) is 1.33. The van der Waals surface area contributed by atoms with Crippen LogP contribution in [0.3, 0.4) is 0 Å². The molecule has 0 spiro atoms. The van der Waals surface area contributed by atoms with E-state index in [4.69, 9.17) is 5.11 Å². The van der Waals surface area contributed by atoms with E-state index in [0.29, 0.717) is 5.75 Å². The zero-order valence-corrected chi connectivity index (χ0v) is 13.3. The van der Waals surface area contributed by atoms with Gasteiger partial charge < -0.3 is 5.11 Å². The number of hydrogen-bond donors (Lipinski definition) is 2. The number of rotatable bonds is 8. The average molecular weight is 331 g/mol. The number of ketones is 1. The van der Waals surface area contributed by atoms with Gasteiger partial charge in [0.25, 0.3) is 0 Å². The maximum Gasteiger partial charge on any atom is 0.321 e. The van der Waals surface area contributed by atoms with Crippen molar-refractivity contribution in [3.05, 3.63) is 29.8 Å². The molecular formula is C13H17NO5S2. The number of sulfonamides is 1. The van der Waals surface area contributed by atoms with Gasteiger partial charge in [0.1, 0.15) is 6.04 Å². The zero-order valence-electron chi connectivity index (χ0n) is 11.7. The second-order valence-corrected chi connectivity index (χ2v) is 7.08. The molecule has 0 amide bonds. The quantitative estimate of drug-likeness (QED) is 0.698. The average Bonchev–Trinajstić information content (AvgIpc) is 2.43. The lowest BCUT2D eigenvalue weighted by molar-refractivity contribution is -0.139. The van der Waals surface area contributed by atoms with Gasteiger partial charge in [-0.25, -0.2) is 8.42 Å². The molecule has 1 unspecified atom stereocenters. The van der Waals surface area contributed by atoms with Crippen molar-refractivity contribution in [3.63, 3.8) is 0 Å². The Hall–Kier alpha value is -1.38. The third-order valence-corrected chi connectivity index (χ3v) is 4.87. The number of carboxylic acid groups (broad SMARTS) is 1. The van der Waals surface area contributed by atoms with Gasteiger partial charge in [0.2, 0.25) is 10.0 Å². The summed E-state index contributed by atoms with van der Waals surface area (Å²) in [6, 6.07) is 4.32. The standard InChI is InChI=1S/C13H17NO5S2/c1-9(15)10-4-3-5-11(8-10)21(18,19)14-12(13(16)17)6-7-20-2/h3-5,8,12,14H,6-7H2,1-2H3,(H,16,17). The van der Waals surface area contributed by atoms with Crippen LogP contribution in [0.2, 0.25) is 0 Å². The van der Waals surface area contributed by atoms with E-state index < -0.39 is 22.0 Å². The molecule has 21 heavy (non-hydrogen) atoms. The van der Waals surface area contributed by atoms with Crippen LogP contribution in [-0.4, -0.2) is 43.3 Å². The number of carbonyl (C=O) groups is 2. The van der Waals surface area contributed by atoms with Crippen molar-refractivity contribution in [2.75, 3.05) is 12.0 Å². The minimum Gasteiger partial charge on any atom is -0.480 e. The Balaban J connectivity index is 3.01. The number of aliphatic carboxylic acids is 1. The molecule has 1 rings (SSSR count). The van der Waals surface area contributed by atoms with Crippen molar-refractivity contribution in [1.29, 1.82) is 0 Å². The van der Waals surface area contributed by atoms with Crippen molar-refractivity contribution >= 4 is 33.5 Å². The summed E-state index contributed by atoms with van der Waals surface area (Å²) in [7, 11) is -3.98. The number of nitrogens with one attached hydrogen (secondary N) is 1. The van der Waals surface area contributed by atoms with E-state index in [2.05, 4.69) is 4.72 Å². The maximum atomic E-state index is 12.2. The number of carbonyl (C=O) groups excluding carboxylic acids is 1. The molecule has 0 aliphatic rings. The molecule has 6 nitrogen and oxygen atoms in total. The molecule has 0 heterocycles. The molecule has 1 aromatic carbocycles. The fourth-order valence-corrected chi connectivity index (χ4v) is 3.35. The number of Topliss-reactive ketones (excluding diaryl/α,β-unsaturated/α-hetero) is 1. The molecule has 0 saturated heterocycles. The van der Waals surface area contributed by atoms with Crippen LogP contribution in [0, 0.1) is 0 Å². The molecule has 0 aliphatic heterocycles. The van der Waals surface area contributed by atoms with Gasteiger partial charge in [-0.1, -0.05) is 12.1 Å². The Morgan fingerprint density at radius 2 is 2.05 bits per heavy atom. The highest BCUT2D eigenvalue weighted by Gasteiger charge is 2.25. The molecule has 0 fully saturated rings. The molecule has 0 saturated carbocycles. The number of carboxylic acids is 1. The molecule has 1 aromatic rings. The van der Waals surface area contributed by atoms with Crippen LogP contribution < -0.4 is 4.72 Å². The zero-order chi connectivity index (χ0) is 16.0. The van der Waals surface area contributed by atoms with Gasteiger partial charge in [-0.3, -0.25) is 9.59 Å². The Labute approximate surface area is 128 Å². The van der Waals surface area contributed by atoms with E-state index in [0.717, 1.165) is 0 Å². The summed E-state index contributed by atoms with van der Waals surface area (Å²) in [4.78, 5) is 22.3. The Morgan fingerprint density at radius 3 is 2.57 bits per heavy atom. The van der Waals surface area contributed by atoms with Crippen molar-refractivity contribution in [2.45, 2.75) is 24.3 Å². The molecule has 2 N–H and O–H groups in total. The molecule has 1 atom stereocenters. The van der Waals surface area contributed by atoms with Gasteiger partial charge in [-0.05, 0) is 37.5 Å². The van der Waals surface area contributed by atoms with Crippen LogP contribution >= 0.6 is 11.8 Å². The lowest BCUT2D eigenvalue weighted by Crippen LogP contribution is -2.41. The van der Waals surface area contributed by atoms with E-state index in [1.807, 2.05) is 6.26 Å². The fourth-order valence-electron chi connectivity index (χ4n) is 1.61. The van der Waals surface area contributed by atoms with Gasteiger partial charge >= 0.3 is 5.97 Å². The lowest BCUT2D eigenvalue weighted by atomic mass is 10.2. The molecule has 0 radical (unpaired) electrons. The third-order valence-electron chi connectivity index (χ3n) is 2.76. The predicted molar refractivity (Wildman–Crippen MR) is 81.2 cm³/mol. The van der Waals surface area contributed by atoms with Crippen molar-refractivity contribution < 1.29 is 23.1 Å². The predicted octanol–water partition coefficient (Wildman–Crippen LogP) is 1.37. The summed E-state index contributed by atoms with van der Waals surface area (Å²) < 4.78 is 26.5. The van der Waals surface area contributed by atoms with Gasteiger partial charge in [-0.2, -0.15) is 16.5 Å². The van der Waals surface area contributed by atoms with Gasteiger partial charge in [0, 0.05) is 5.56 Å². The third kappa shape index (κ3) is 5.14.